The quantitative estimate of drug-likeness (QED) is 0.589. The molecule has 0 aliphatic carbocycles. The van der Waals surface area contributed by atoms with Crippen LogP contribution in [0.15, 0.2) is 18.2 Å². The standard InChI is InChI=1S/C21H30BNO5/c1-19(2,3)26-18(25)13-23-16-10-9-15(12-14(16)8-11-17(23)24)22-27-20(4,5)21(6,7)28-22/h9-10,12H,8,11,13H2,1-7H3. The average molecular weight is 387 g/mol. The Bertz CT molecular complexity index is 780. The van der Waals surface area contributed by atoms with Crippen LogP contribution in [-0.2, 0) is 30.1 Å². The predicted octanol–water partition coefficient (Wildman–Crippen LogP) is 2.61. The molecule has 0 aromatic heterocycles. The summed E-state index contributed by atoms with van der Waals surface area (Å²) < 4.78 is 17.6. The number of hydrogen-bond acceptors (Lipinski definition) is 5. The van der Waals surface area contributed by atoms with Gasteiger partial charge in [0.05, 0.1) is 11.2 Å². The molecular weight excluding hydrogens is 357 g/mol. The maximum Gasteiger partial charge on any atom is 0.494 e. The molecule has 1 aromatic carbocycles. The second-order valence-electron chi connectivity index (χ2n) is 9.54. The summed E-state index contributed by atoms with van der Waals surface area (Å²) in [5.74, 6) is -0.481. The third-order valence-electron chi connectivity index (χ3n) is 5.54. The van der Waals surface area contributed by atoms with Gasteiger partial charge in [-0.05, 0) is 72.0 Å². The molecule has 2 aliphatic rings. The number of aryl methyl sites for hydroxylation is 1. The molecule has 6 nitrogen and oxygen atoms in total. The lowest BCUT2D eigenvalue weighted by Gasteiger charge is -2.32. The van der Waals surface area contributed by atoms with E-state index in [9.17, 15) is 9.59 Å². The van der Waals surface area contributed by atoms with Gasteiger partial charge in [0, 0.05) is 12.1 Å². The molecule has 2 aliphatic heterocycles. The first-order chi connectivity index (χ1) is 12.8. The SMILES string of the molecule is CC(C)(C)OC(=O)CN1C(=O)CCc2cc(B3OC(C)(C)C(C)(C)O3)ccc21. The normalized spacial score (nSPS) is 20.9. The molecule has 1 fully saturated rings. The number of fused-ring (bicyclic) bond motifs is 1. The van der Waals surface area contributed by atoms with Gasteiger partial charge in [-0.15, -0.1) is 0 Å². The van der Waals surface area contributed by atoms with Crippen LogP contribution in [0.5, 0.6) is 0 Å². The molecule has 152 valence electrons. The zero-order valence-electron chi connectivity index (χ0n) is 17.9. The first-order valence-electron chi connectivity index (χ1n) is 9.80. The fourth-order valence-electron chi connectivity index (χ4n) is 3.38. The Morgan fingerprint density at radius 2 is 1.75 bits per heavy atom. The van der Waals surface area contributed by atoms with Gasteiger partial charge in [-0.1, -0.05) is 12.1 Å². The van der Waals surface area contributed by atoms with Gasteiger partial charge in [-0.25, -0.2) is 0 Å². The molecule has 0 atom stereocenters. The lowest BCUT2D eigenvalue weighted by atomic mass is 9.77. The highest BCUT2D eigenvalue weighted by molar-refractivity contribution is 6.62. The Labute approximate surface area is 167 Å². The number of amides is 1. The van der Waals surface area contributed by atoms with Crippen molar-refractivity contribution in [3.63, 3.8) is 0 Å². The Morgan fingerprint density at radius 3 is 2.32 bits per heavy atom. The number of hydrogen-bond donors (Lipinski definition) is 0. The van der Waals surface area contributed by atoms with Crippen LogP contribution in [0, 0.1) is 0 Å². The van der Waals surface area contributed by atoms with Gasteiger partial charge in [0.1, 0.15) is 12.1 Å². The zero-order valence-corrected chi connectivity index (χ0v) is 17.9. The van der Waals surface area contributed by atoms with Crippen molar-refractivity contribution >= 4 is 30.1 Å². The highest BCUT2D eigenvalue weighted by atomic mass is 16.7. The molecule has 0 radical (unpaired) electrons. The third kappa shape index (κ3) is 4.10. The van der Waals surface area contributed by atoms with Crippen LogP contribution < -0.4 is 10.4 Å². The van der Waals surface area contributed by atoms with Crippen molar-refractivity contribution < 1.29 is 23.6 Å². The summed E-state index contributed by atoms with van der Waals surface area (Å²) in [6.07, 6.45) is 0.995. The summed E-state index contributed by atoms with van der Waals surface area (Å²) in [5, 5.41) is 0. The van der Waals surface area contributed by atoms with Crippen LogP contribution in [0.25, 0.3) is 0 Å². The smallest absolute Gasteiger partial charge is 0.459 e. The van der Waals surface area contributed by atoms with E-state index in [0.29, 0.717) is 12.8 Å². The van der Waals surface area contributed by atoms with Crippen LogP contribution >= 0.6 is 0 Å². The molecule has 1 amide bonds. The van der Waals surface area contributed by atoms with Crippen LogP contribution in [0.2, 0.25) is 0 Å². The number of carbonyl (C=O) groups is 2. The molecule has 1 saturated heterocycles. The zero-order chi connectivity index (χ0) is 20.9. The minimum Gasteiger partial charge on any atom is -0.459 e. The maximum absolute atomic E-state index is 12.4. The highest BCUT2D eigenvalue weighted by Crippen LogP contribution is 2.37. The largest absolute Gasteiger partial charge is 0.494 e. The third-order valence-corrected chi connectivity index (χ3v) is 5.54. The molecular formula is C21H30BNO5. The highest BCUT2D eigenvalue weighted by Gasteiger charge is 2.51. The molecule has 7 heteroatoms. The van der Waals surface area contributed by atoms with Crippen LogP contribution in [0.1, 0.15) is 60.5 Å². The van der Waals surface area contributed by atoms with E-state index in [1.54, 1.807) is 0 Å². The van der Waals surface area contributed by atoms with Crippen molar-refractivity contribution in [1.29, 1.82) is 0 Å². The Morgan fingerprint density at radius 1 is 1.14 bits per heavy atom. The van der Waals surface area contributed by atoms with E-state index in [1.165, 1.54) is 4.90 Å². The Balaban J connectivity index is 1.82. The van der Waals surface area contributed by atoms with Gasteiger partial charge in [-0.3, -0.25) is 9.59 Å². The first-order valence-corrected chi connectivity index (χ1v) is 9.80. The van der Waals surface area contributed by atoms with Gasteiger partial charge in [0.2, 0.25) is 5.91 Å². The number of benzene rings is 1. The molecule has 28 heavy (non-hydrogen) atoms. The van der Waals surface area contributed by atoms with E-state index >= 15 is 0 Å². The van der Waals surface area contributed by atoms with Crippen molar-refractivity contribution in [3.8, 4) is 0 Å². The van der Waals surface area contributed by atoms with Crippen molar-refractivity contribution in [1.82, 2.24) is 0 Å². The van der Waals surface area contributed by atoms with Crippen molar-refractivity contribution in [2.24, 2.45) is 0 Å². The topological polar surface area (TPSA) is 65.1 Å². The number of rotatable bonds is 3. The predicted molar refractivity (Wildman–Crippen MR) is 109 cm³/mol. The summed E-state index contributed by atoms with van der Waals surface area (Å²) >= 11 is 0. The van der Waals surface area contributed by atoms with E-state index < -0.39 is 29.9 Å². The molecule has 2 heterocycles. The van der Waals surface area contributed by atoms with Crippen LogP contribution in [-0.4, -0.2) is 42.3 Å². The van der Waals surface area contributed by atoms with Crippen molar-refractivity contribution in [2.45, 2.75) is 78.1 Å². The number of anilines is 1. The van der Waals surface area contributed by atoms with Gasteiger partial charge >= 0.3 is 13.1 Å². The molecule has 0 spiro atoms. The van der Waals surface area contributed by atoms with E-state index in [2.05, 4.69) is 0 Å². The number of esters is 1. The average Bonchev–Trinajstić information content (AvgIpc) is 2.76. The molecule has 1 aromatic rings. The second kappa shape index (κ2) is 6.88. The summed E-state index contributed by atoms with van der Waals surface area (Å²) in [6.45, 7) is 13.4. The summed E-state index contributed by atoms with van der Waals surface area (Å²) in [7, 11) is -0.452. The van der Waals surface area contributed by atoms with Gasteiger partial charge in [0.15, 0.2) is 0 Å². The first kappa shape index (κ1) is 20.9. The fraction of sp³-hybridized carbons (Fsp3) is 0.619. The van der Waals surface area contributed by atoms with Crippen molar-refractivity contribution in [2.75, 3.05) is 11.4 Å². The number of carbonyl (C=O) groups excluding carboxylic acids is 2. The summed E-state index contributed by atoms with van der Waals surface area (Å²) in [6, 6.07) is 5.80. The minimum absolute atomic E-state index is 0.0678. The minimum atomic E-state index is -0.584. The summed E-state index contributed by atoms with van der Waals surface area (Å²) in [4.78, 5) is 26.2. The Hall–Kier alpha value is -1.86. The van der Waals surface area contributed by atoms with E-state index in [4.69, 9.17) is 14.0 Å². The van der Waals surface area contributed by atoms with E-state index in [1.807, 2.05) is 66.7 Å². The monoisotopic (exact) mass is 387 g/mol. The second-order valence-corrected chi connectivity index (χ2v) is 9.54. The van der Waals surface area contributed by atoms with Crippen molar-refractivity contribution in [3.05, 3.63) is 23.8 Å². The molecule has 0 bridgehead atoms. The van der Waals surface area contributed by atoms with Crippen LogP contribution in [0.4, 0.5) is 5.69 Å². The number of ether oxygens (including phenoxy) is 1. The number of nitrogens with zero attached hydrogens (tertiary/aromatic N) is 1. The lowest BCUT2D eigenvalue weighted by molar-refractivity contribution is -0.153. The fourth-order valence-corrected chi connectivity index (χ4v) is 3.38. The molecule has 0 unspecified atom stereocenters. The van der Waals surface area contributed by atoms with Crippen LogP contribution in [0.3, 0.4) is 0 Å². The van der Waals surface area contributed by atoms with Gasteiger partial charge in [-0.2, -0.15) is 0 Å². The molecule has 0 saturated carbocycles. The van der Waals surface area contributed by atoms with Gasteiger partial charge < -0.3 is 18.9 Å². The summed E-state index contributed by atoms with van der Waals surface area (Å²) in [5.41, 5.74) is 1.28. The lowest BCUT2D eigenvalue weighted by Crippen LogP contribution is -2.42. The van der Waals surface area contributed by atoms with Gasteiger partial charge in [0.25, 0.3) is 0 Å². The van der Waals surface area contributed by atoms with E-state index in [-0.39, 0.29) is 12.5 Å². The molecule has 3 rings (SSSR count). The van der Waals surface area contributed by atoms with E-state index in [0.717, 1.165) is 16.7 Å². The molecule has 0 N–H and O–H groups in total. The maximum atomic E-state index is 12.4. The Kier molecular flexibility index (Phi) is 5.13.